The van der Waals surface area contributed by atoms with Crippen molar-refractivity contribution in [3.05, 3.63) is 65.2 Å². The Bertz CT molecular complexity index is 611. The maximum Gasteiger partial charge on any atom is 0.251 e. The van der Waals surface area contributed by atoms with Gasteiger partial charge >= 0.3 is 0 Å². The van der Waals surface area contributed by atoms with Crippen molar-refractivity contribution in [1.29, 1.82) is 0 Å². The number of aliphatic hydroxyl groups excluding tert-OH is 1. The van der Waals surface area contributed by atoms with Crippen LogP contribution in [0.15, 0.2) is 48.5 Å². The van der Waals surface area contributed by atoms with Crippen molar-refractivity contribution in [3.63, 3.8) is 0 Å². The number of nitrogens with one attached hydrogen (secondary N) is 1. The van der Waals surface area contributed by atoms with Gasteiger partial charge in [0.1, 0.15) is 5.75 Å². The molecule has 2 aromatic rings. The van der Waals surface area contributed by atoms with Crippen molar-refractivity contribution in [2.45, 2.75) is 19.4 Å². The molecule has 1 atom stereocenters. The Morgan fingerprint density at radius 1 is 1.19 bits per heavy atom. The van der Waals surface area contributed by atoms with Gasteiger partial charge in [-0.1, -0.05) is 30.3 Å². The number of benzene rings is 2. The summed E-state index contributed by atoms with van der Waals surface area (Å²) in [4.78, 5) is 12.2. The molecule has 2 aromatic carbocycles. The number of hydrogen-bond donors (Lipinski definition) is 3. The molecule has 0 bridgehead atoms. The van der Waals surface area contributed by atoms with Crippen LogP contribution in [0.2, 0.25) is 0 Å². The van der Waals surface area contributed by atoms with Gasteiger partial charge in [-0.05, 0) is 42.7 Å². The number of carbonyl (C=O) groups is 1. The highest BCUT2D eigenvalue weighted by Crippen LogP contribution is 2.17. The summed E-state index contributed by atoms with van der Waals surface area (Å²) < 4.78 is 0. The van der Waals surface area contributed by atoms with Crippen LogP contribution in [0.5, 0.6) is 5.75 Å². The van der Waals surface area contributed by atoms with Crippen LogP contribution in [-0.4, -0.2) is 28.8 Å². The number of aliphatic hydroxyl groups is 1. The molecule has 4 nitrogen and oxygen atoms in total. The highest BCUT2D eigenvalue weighted by atomic mass is 16.3. The second kappa shape index (κ2) is 6.90. The molecule has 110 valence electrons. The Balaban J connectivity index is 2.04. The van der Waals surface area contributed by atoms with Gasteiger partial charge in [-0.2, -0.15) is 0 Å². The van der Waals surface area contributed by atoms with Crippen LogP contribution >= 0.6 is 0 Å². The minimum absolute atomic E-state index is 0.127. The molecule has 0 aliphatic rings. The van der Waals surface area contributed by atoms with Crippen LogP contribution in [0.4, 0.5) is 0 Å². The van der Waals surface area contributed by atoms with Crippen LogP contribution in [0.25, 0.3) is 0 Å². The number of aryl methyl sites for hydroxylation is 1. The molecule has 0 radical (unpaired) electrons. The quantitative estimate of drug-likeness (QED) is 0.787. The van der Waals surface area contributed by atoms with Gasteiger partial charge in [0, 0.05) is 5.56 Å². The van der Waals surface area contributed by atoms with Crippen LogP contribution < -0.4 is 5.32 Å². The maximum atomic E-state index is 12.2. The number of carbonyl (C=O) groups excluding carboxylic acids is 1. The standard InChI is InChI=1S/C17H19NO3/c1-12-9-14(7-8-16(12)20)17(21)18-15(11-19)10-13-5-3-2-4-6-13/h2-9,15,19-20H,10-11H2,1H3,(H,18,21). The molecule has 0 aliphatic heterocycles. The zero-order valence-electron chi connectivity index (χ0n) is 11.9. The van der Waals surface area contributed by atoms with E-state index in [0.717, 1.165) is 5.56 Å². The Labute approximate surface area is 124 Å². The van der Waals surface area contributed by atoms with Crippen molar-refractivity contribution < 1.29 is 15.0 Å². The molecular weight excluding hydrogens is 266 g/mol. The van der Waals surface area contributed by atoms with Crippen LogP contribution in [0, 0.1) is 6.92 Å². The molecule has 2 rings (SSSR count). The van der Waals surface area contributed by atoms with Gasteiger partial charge < -0.3 is 15.5 Å². The predicted molar refractivity (Wildman–Crippen MR) is 81.3 cm³/mol. The summed E-state index contributed by atoms with van der Waals surface area (Å²) in [6.45, 7) is 1.61. The Kier molecular flexibility index (Phi) is 4.95. The molecule has 0 saturated carbocycles. The molecule has 4 heteroatoms. The fourth-order valence-electron chi connectivity index (χ4n) is 2.13. The first kappa shape index (κ1) is 15.1. The van der Waals surface area contributed by atoms with Crippen molar-refractivity contribution >= 4 is 5.91 Å². The molecule has 3 N–H and O–H groups in total. The van der Waals surface area contributed by atoms with E-state index in [1.54, 1.807) is 19.1 Å². The molecule has 0 heterocycles. The van der Waals surface area contributed by atoms with Gasteiger partial charge in [0.25, 0.3) is 5.91 Å². The second-order valence-corrected chi connectivity index (χ2v) is 5.04. The van der Waals surface area contributed by atoms with E-state index in [9.17, 15) is 15.0 Å². The van der Waals surface area contributed by atoms with Gasteiger partial charge in [0.05, 0.1) is 12.6 Å². The zero-order chi connectivity index (χ0) is 15.2. The van der Waals surface area contributed by atoms with Crippen molar-refractivity contribution in [1.82, 2.24) is 5.32 Å². The van der Waals surface area contributed by atoms with E-state index in [4.69, 9.17) is 0 Å². The summed E-state index contributed by atoms with van der Waals surface area (Å²) in [5.41, 5.74) is 2.17. The topological polar surface area (TPSA) is 69.6 Å². The largest absolute Gasteiger partial charge is 0.508 e. The fraction of sp³-hybridized carbons (Fsp3) is 0.235. The first-order valence-corrected chi connectivity index (χ1v) is 6.85. The summed E-state index contributed by atoms with van der Waals surface area (Å²) >= 11 is 0. The normalized spacial score (nSPS) is 11.9. The van der Waals surface area contributed by atoms with Crippen molar-refractivity contribution in [3.8, 4) is 5.75 Å². The molecule has 21 heavy (non-hydrogen) atoms. The number of rotatable bonds is 5. The first-order chi connectivity index (χ1) is 10.1. The van der Waals surface area contributed by atoms with E-state index in [1.165, 1.54) is 6.07 Å². The second-order valence-electron chi connectivity index (χ2n) is 5.04. The monoisotopic (exact) mass is 285 g/mol. The molecule has 0 aliphatic carbocycles. The van der Waals surface area contributed by atoms with E-state index in [1.807, 2.05) is 30.3 Å². The molecule has 0 aromatic heterocycles. The third-order valence-corrected chi connectivity index (χ3v) is 3.34. The zero-order valence-corrected chi connectivity index (χ0v) is 11.9. The maximum absolute atomic E-state index is 12.2. The number of phenolic OH excluding ortho intramolecular Hbond substituents is 1. The molecule has 0 fully saturated rings. The Morgan fingerprint density at radius 3 is 2.52 bits per heavy atom. The minimum Gasteiger partial charge on any atom is -0.508 e. The molecule has 0 spiro atoms. The number of aromatic hydroxyl groups is 1. The SMILES string of the molecule is Cc1cc(C(=O)NC(CO)Cc2ccccc2)ccc1O. The summed E-state index contributed by atoms with van der Waals surface area (Å²) in [7, 11) is 0. The number of phenols is 1. The van der Waals surface area contributed by atoms with Gasteiger partial charge in [-0.3, -0.25) is 4.79 Å². The van der Waals surface area contributed by atoms with E-state index in [2.05, 4.69) is 5.32 Å². The average molecular weight is 285 g/mol. The molecule has 1 unspecified atom stereocenters. The Hall–Kier alpha value is -2.33. The predicted octanol–water partition coefficient (Wildman–Crippen LogP) is 2.03. The summed E-state index contributed by atoms with van der Waals surface area (Å²) in [5.74, 6) is -0.0948. The van der Waals surface area contributed by atoms with Crippen molar-refractivity contribution in [2.75, 3.05) is 6.61 Å². The third-order valence-electron chi connectivity index (χ3n) is 3.34. The number of amides is 1. The lowest BCUT2D eigenvalue weighted by Gasteiger charge is -2.16. The van der Waals surface area contributed by atoms with Crippen LogP contribution in [-0.2, 0) is 6.42 Å². The average Bonchev–Trinajstić information content (AvgIpc) is 2.50. The lowest BCUT2D eigenvalue weighted by Crippen LogP contribution is -2.39. The third kappa shape index (κ3) is 4.07. The molecular formula is C17H19NO3. The smallest absolute Gasteiger partial charge is 0.251 e. The van der Waals surface area contributed by atoms with E-state index in [-0.39, 0.29) is 24.3 Å². The first-order valence-electron chi connectivity index (χ1n) is 6.85. The van der Waals surface area contributed by atoms with Crippen LogP contribution in [0.3, 0.4) is 0 Å². The van der Waals surface area contributed by atoms with Gasteiger partial charge in [0.15, 0.2) is 0 Å². The molecule has 1 amide bonds. The van der Waals surface area contributed by atoms with Gasteiger partial charge in [-0.25, -0.2) is 0 Å². The minimum atomic E-state index is -0.339. The summed E-state index contributed by atoms with van der Waals surface area (Å²) in [6.07, 6.45) is 0.570. The van der Waals surface area contributed by atoms with E-state index < -0.39 is 0 Å². The highest BCUT2D eigenvalue weighted by Gasteiger charge is 2.14. The lowest BCUT2D eigenvalue weighted by molar-refractivity contribution is 0.0916. The van der Waals surface area contributed by atoms with Gasteiger partial charge in [0.2, 0.25) is 0 Å². The highest BCUT2D eigenvalue weighted by molar-refractivity contribution is 5.94. The number of hydrogen-bond acceptors (Lipinski definition) is 3. The van der Waals surface area contributed by atoms with Crippen LogP contribution in [0.1, 0.15) is 21.5 Å². The fourth-order valence-corrected chi connectivity index (χ4v) is 2.13. The van der Waals surface area contributed by atoms with E-state index >= 15 is 0 Å². The summed E-state index contributed by atoms with van der Waals surface area (Å²) in [5, 5.41) is 21.7. The summed E-state index contributed by atoms with van der Waals surface area (Å²) in [6, 6.07) is 14.0. The van der Waals surface area contributed by atoms with E-state index in [0.29, 0.717) is 17.5 Å². The lowest BCUT2D eigenvalue weighted by atomic mass is 10.1. The van der Waals surface area contributed by atoms with Gasteiger partial charge in [-0.15, -0.1) is 0 Å². The Morgan fingerprint density at radius 2 is 1.90 bits per heavy atom. The van der Waals surface area contributed by atoms with Crippen molar-refractivity contribution in [2.24, 2.45) is 0 Å². The molecule has 0 saturated heterocycles.